The van der Waals surface area contributed by atoms with Crippen LogP contribution in [0.3, 0.4) is 0 Å². The van der Waals surface area contributed by atoms with Crippen LogP contribution in [0, 0.1) is 5.92 Å². The van der Waals surface area contributed by atoms with Crippen LogP contribution in [-0.4, -0.2) is 50.3 Å². The van der Waals surface area contributed by atoms with Crippen LogP contribution in [0.2, 0.25) is 0 Å². The highest BCUT2D eigenvalue weighted by Crippen LogP contribution is 2.25. The Morgan fingerprint density at radius 1 is 1.07 bits per heavy atom. The molecule has 0 saturated carbocycles. The summed E-state index contributed by atoms with van der Waals surface area (Å²) in [4.78, 5) is 45.1. The molecule has 0 radical (unpaired) electrons. The van der Waals surface area contributed by atoms with E-state index in [0.717, 1.165) is 0 Å². The van der Waals surface area contributed by atoms with Crippen LogP contribution in [0.1, 0.15) is 69.8 Å². The summed E-state index contributed by atoms with van der Waals surface area (Å²) in [6, 6.07) is -3.65. The molecule has 0 aliphatic rings. The molecule has 0 spiro atoms. The van der Waals surface area contributed by atoms with E-state index in [0.29, 0.717) is 6.42 Å². The topological polar surface area (TPSA) is 224 Å². The second-order valence-electron chi connectivity index (χ2n) is 6.89. The number of nitrogens with one attached hydrogen (secondary N) is 2. The Labute approximate surface area is 172 Å². The molecule has 0 aliphatic carbocycles. The summed E-state index contributed by atoms with van der Waals surface area (Å²) >= 11 is 0. The number of carboxylic acids is 2. The van der Waals surface area contributed by atoms with E-state index in [1.165, 1.54) is 0 Å². The maximum Gasteiger partial charge on any atom is 0.326 e. The monoisotopic (exact) mass is 428 g/mol. The van der Waals surface area contributed by atoms with Crippen LogP contribution in [0.15, 0.2) is 4.42 Å². The van der Waals surface area contributed by atoms with E-state index in [2.05, 4.69) is 20.8 Å². The van der Waals surface area contributed by atoms with Crippen molar-refractivity contribution >= 4 is 23.9 Å². The number of carboxylic acid groups (broad SMARTS) is 2. The lowest BCUT2D eigenvalue weighted by Crippen LogP contribution is -2.48. The molecule has 13 heteroatoms. The largest absolute Gasteiger partial charge is 0.481 e. The molecule has 3 amide bonds. The van der Waals surface area contributed by atoms with E-state index in [4.69, 9.17) is 21.0 Å². The van der Waals surface area contributed by atoms with Crippen LogP contribution in [0.25, 0.3) is 0 Å². The van der Waals surface area contributed by atoms with Gasteiger partial charge >= 0.3 is 18.0 Å². The molecule has 4 atom stereocenters. The Morgan fingerprint density at radius 3 is 2.23 bits per heavy atom. The molecule has 168 valence electrons. The molecule has 0 bridgehead atoms. The van der Waals surface area contributed by atoms with E-state index >= 15 is 0 Å². The van der Waals surface area contributed by atoms with Crippen molar-refractivity contribution in [3.8, 4) is 0 Å². The number of carbonyl (C=O) groups is 4. The summed E-state index contributed by atoms with van der Waals surface area (Å²) in [7, 11) is 0. The fourth-order valence-electron chi connectivity index (χ4n) is 2.49. The summed E-state index contributed by atoms with van der Waals surface area (Å²) in [6.07, 6.45) is 0.190. The molecule has 0 aliphatic heterocycles. The average Bonchev–Trinajstić information content (AvgIpc) is 3.16. The minimum Gasteiger partial charge on any atom is -0.481 e. The third kappa shape index (κ3) is 8.03. The maximum atomic E-state index is 12.3. The van der Waals surface area contributed by atoms with Crippen molar-refractivity contribution in [1.29, 1.82) is 0 Å². The summed E-state index contributed by atoms with van der Waals surface area (Å²) in [5, 5.41) is 30.5. The Bertz CT molecular complexity index is 753. The smallest absolute Gasteiger partial charge is 0.326 e. The first-order chi connectivity index (χ1) is 14.0. The van der Waals surface area contributed by atoms with Crippen LogP contribution in [0.4, 0.5) is 4.79 Å². The third-order valence-electron chi connectivity index (χ3n) is 4.49. The predicted molar refractivity (Wildman–Crippen MR) is 102 cm³/mol. The molecule has 0 aromatic carbocycles. The Kier molecular flexibility index (Phi) is 9.68. The number of primary amides is 1. The van der Waals surface area contributed by atoms with Crippen molar-refractivity contribution in [2.24, 2.45) is 17.4 Å². The number of carbonyl (C=O) groups excluding carboxylic acids is 2. The SMILES string of the molecule is CC[C@H](C)C(NC(=O)N[C@@H](CCC(=O)O)C(=O)O)c1nnc([C@@H](N)CCC(N)=O)o1. The first kappa shape index (κ1) is 24.8. The Morgan fingerprint density at radius 2 is 1.70 bits per heavy atom. The molecule has 13 nitrogen and oxygen atoms in total. The zero-order chi connectivity index (χ0) is 22.8. The van der Waals surface area contributed by atoms with Gasteiger partial charge in [-0.25, -0.2) is 9.59 Å². The van der Waals surface area contributed by atoms with Gasteiger partial charge in [0.05, 0.1) is 6.04 Å². The van der Waals surface area contributed by atoms with Crippen LogP contribution in [0.5, 0.6) is 0 Å². The quantitative estimate of drug-likeness (QED) is 0.247. The van der Waals surface area contributed by atoms with Crippen molar-refractivity contribution in [2.75, 3.05) is 0 Å². The fourth-order valence-corrected chi connectivity index (χ4v) is 2.49. The number of amides is 3. The number of nitrogens with zero attached hydrogens (tertiary/aromatic N) is 2. The van der Waals surface area contributed by atoms with Crippen LogP contribution < -0.4 is 22.1 Å². The van der Waals surface area contributed by atoms with Crippen molar-refractivity contribution in [2.45, 2.75) is 64.1 Å². The highest BCUT2D eigenvalue weighted by molar-refractivity contribution is 5.83. The molecule has 8 N–H and O–H groups in total. The average molecular weight is 428 g/mol. The van der Waals surface area contributed by atoms with Crippen molar-refractivity contribution in [3.63, 3.8) is 0 Å². The third-order valence-corrected chi connectivity index (χ3v) is 4.49. The maximum absolute atomic E-state index is 12.3. The van der Waals surface area contributed by atoms with E-state index < -0.39 is 48.4 Å². The van der Waals surface area contributed by atoms with E-state index in [1.807, 2.05) is 13.8 Å². The van der Waals surface area contributed by atoms with E-state index in [-0.39, 0.29) is 37.0 Å². The molecule has 0 saturated heterocycles. The molecule has 1 heterocycles. The summed E-state index contributed by atoms with van der Waals surface area (Å²) in [5.74, 6) is -3.06. The lowest BCUT2D eigenvalue weighted by Gasteiger charge is -2.22. The van der Waals surface area contributed by atoms with Gasteiger partial charge in [-0.2, -0.15) is 0 Å². The summed E-state index contributed by atoms with van der Waals surface area (Å²) in [5.41, 5.74) is 11.0. The lowest BCUT2D eigenvalue weighted by molar-refractivity contribution is -0.140. The highest BCUT2D eigenvalue weighted by atomic mass is 16.4. The van der Waals surface area contributed by atoms with Crippen LogP contribution in [-0.2, 0) is 14.4 Å². The van der Waals surface area contributed by atoms with Crippen molar-refractivity contribution < 1.29 is 33.8 Å². The number of hydrogen-bond donors (Lipinski definition) is 6. The van der Waals surface area contributed by atoms with Gasteiger partial charge in [0.1, 0.15) is 12.1 Å². The standard InChI is InChI=1S/C17H28N6O7/c1-3-8(2)13(15-23-22-14(30-15)9(18)4-6-11(19)24)21-17(29)20-10(16(27)28)5-7-12(25)26/h8-10,13H,3-7,18H2,1-2H3,(H2,19,24)(H,25,26)(H,27,28)(H2,20,21,29)/t8-,9-,10-,13?/m0/s1. The number of nitrogens with two attached hydrogens (primary N) is 2. The first-order valence-electron chi connectivity index (χ1n) is 9.43. The van der Waals surface area contributed by atoms with Gasteiger partial charge in [-0.05, 0) is 18.8 Å². The number of aliphatic carboxylic acids is 2. The predicted octanol–water partition coefficient (Wildman–Crippen LogP) is 0.0393. The normalized spacial score (nSPS) is 14.9. The lowest BCUT2D eigenvalue weighted by atomic mass is 9.99. The van der Waals surface area contributed by atoms with Crippen LogP contribution >= 0.6 is 0 Å². The van der Waals surface area contributed by atoms with Gasteiger partial charge in [0, 0.05) is 12.8 Å². The van der Waals surface area contributed by atoms with E-state index in [1.54, 1.807) is 0 Å². The first-order valence-corrected chi connectivity index (χ1v) is 9.43. The molecule has 1 aromatic rings. The number of urea groups is 1. The van der Waals surface area contributed by atoms with Gasteiger partial charge in [-0.1, -0.05) is 20.3 Å². The molecular weight excluding hydrogens is 400 g/mol. The summed E-state index contributed by atoms with van der Waals surface area (Å²) in [6.45, 7) is 3.70. The minimum atomic E-state index is -1.38. The van der Waals surface area contributed by atoms with Gasteiger partial charge in [0.15, 0.2) is 0 Å². The molecule has 1 unspecified atom stereocenters. The van der Waals surface area contributed by atoms with Gasteiger partial charge in [0.2, 0.25) is 17.7 Å². The molecular formula is C17H28N6O7. The van der Waals surface area contributed by atoms with Gasteiger partial charge in [0.25, 0.3) is 0 Å². The van der Waals surface area contributed by atoms with Crippen molar-refractivity contribution in [1.82, 2.24) is 20.8 Å². The van der Waals surface area contributed by atoms with E-state index in [9.17, 15) is 24.3 Å². The minimum absolute atomic E-state index is 0.0429. The zero-order valence-electron chi connectivity index (χ0n) is 16.8. The van der Waals surface area contributed by atoms with Gasteiger partial charge < -0.3 is 36.7 Å². The second kappa shape index (κ2) is 11.7. The number of aromatic nitrogens is 2. The summed E-state index contributed by atoms with van der Waals surface area (Å²) < 4.78 is 5.56. The molecule has 1 aromatic heterocycles. The zero-order valence-corrected chi connectivity index (χ0v) is 16.8. The Balaban J connectivity index is 2.87. The second-order valence-corrected chi connectivity index (χ2v) is 6.89. The number of hydrogen-bond acceptors (Lipinski definition) is 8. The molecule has 30 heavy (non-hydrogen) atoms. The highest BCUT2D eigenvalue weighted by Gasteiger charge is 2.29. The van der Waals surface area contributed by atoms with Crippen molar-refractivity contribution in [3.05, 3.63) is 11.8 Å². The molecule has 0 fully saturated rings. The number of rotatable bonds is 13. The van der Waals surface area contributed by atoms with Gasteiger partial charge in [-0.15, -0.1) is 10.2 Å². The Hall–Kier alpha value is -3.22. The van der Waals surface area contributed by atoms with Gasteiger partial charge in [-0.3, -0.25) is 9.59 Å². The fraction of sp³-hybridized carbons (Fsp3) is 0.647. The molecule has 1 rings (SSSR count).